The fraction of sp³-hybridized carbons (Fsp3) is 0.464. The molecule has 0 radical (unpaired) electrons. The van der Waals surface area contributed by atoms with E-state index in [-0.39, 0.29) is 30.2 Å². The van der Waals surface area contributed by atoms with Gasteiger partial charge in [0.2, 0.25) is 17.7 Å². The topological polar surface area (TPSA) is 122 Å². The van der Waals surface area contributed by atoms with Crippen molar-refractivity contribution < 1.29 is 24.4 Å². The first-order chi connectivity index (χ1) is 18.2. The molecule has 38 heavy (non-hydrogen) atoms. The molecule has 1 aliphatic rings. The number of nitrogens with zero attached hydrogens (tertiary/aromatic N) is 2. The van der Waals surface area contributed by atoms with Crippen LogP contribution in [0.4, 0.5) is 0 Å². The van der Waals surface area contributed by atoms with Crippen LogP contribution in [0.1, 0.15) is 37.8 Å². The summed E-state index contributed by atoms with van der Waals surface area (Å²) in [7, 11) is 0.108. The maximum atomic E-state index is 13.8. The predicted octanol–water partition coefficient (Wildman–Crippen LogP) is 0.0838. The molecule has 0 saturated carbocycles. The van der Waals surface area contributed by atoms with Crippen LogP contribution < -0.4 is 16.1 Å². The monoisotopic (exact) mass is 522 g/mol. The van der Waals surface area contributed by atoms with Crippen LogP contribution in [0, 0.1) is 0 Å². The molecule has 1 fully saturated rings. The first-order valence-electron chi connectivity index (χ1n) is 13.2. The summed E-state index contributed by atoms with van der Waals surface area (Å²) in [6.07, 6.45) is 2.62. The molecule has 0 spiro atoms. The van der Waals surface area contributed by atoms with E-state index in [9.17, 15) is 24.4 Å². The van der Waals surface area contributed by atoms with Crippen molar-refractivity contribution in [2.75, 3.05) is 26.7 Å². The van der Waals surface area contributed by atoms with E-state index in [0.717, 1.165) is 30.4 Å². The second-order valence-corrected chi connectivity index (χ2v) is 9.92. The Kier molecular flexibility index (Phi) is 10.9. The molecule has 204 valence electrons. The Balaban J connectivity index is 1.74. The second kappa shape index (κ2) is 14.1. The number of likely N-dealkylation sites (N-methyl/N-ethyl adjacent to an activating group) is 1. The van der Waals surface area contributed by atoms with E-state index in [1.54, 1.807) is 55.0 Å². The highest BCUT2D eigenvalue weighted by molar-refractivity contribution is 6.58. The summed E-state index contributed by atoms with van der Waals surface area (Å²) < 4.78 is 0. The predicted molar refractivity (Wildman–Crippen MR) is 148 cm³/mol. The van der Waals surface area contributed by atoms with Crippen LogP contribution >= 0.6 is 0 Å². The fourth-order valence-electron chi connectivity index (χ4n) is 4.75. The zero-order valence-electron chi connectivity index (χ0n) is 22.5. The Morgan fingerprint density at radius 2 is 1.76 bits per heavy atom. The van der Waals surface area contributed by atoms with E-state index >= 15 is 0 Å². The molecule has 10 heteroatoms. The van der Waals surface area contributed by atoms with Gasteiger partial charge in [0.1, 0.15) is 6.04 Å². The fourth-order valence-corrected chi connectivity index (χ4v) is 4.75. The number of carbonyl (C=O) groups is 3. The normalized spacial score (nSPS) is 16.6. The number of benzene rings is 2. The van der Waals surface area contributed by atoms with Gasteiger partial charge in [0.15, 0.2) is 0 Å². The molecule has 4 N–H and O–H groups in total. The number of amides is 3. The quantitative estimate of drug-likeness (QED) is 0.293. The lowest BCUT2D eigenvalue weighted by molar-refractivity contribution is -0.139. The van der Waals surface area contributed by atoms with Gasteiger partial charge in [-0.1, -0.05) is 54.6 Å². The third kappa shape index (κ3) is 8.15. The number of hydrogen-bond donors (Lipinski definition) is 4. The average Bonchev–Trinajstić information content (AvgIpc) is 3.38. The molecule has 9 nitrogen and oxygen atoms in total. The number of nitrogens with one attached hydrogen (secondary N) is 2. The summed E-state index contributed by atoms with van der Waals surface area (Å²) in [5.41, 5.74) is 2.29. The minimum atomic E-state index is -1.57. The van der Waals surface area contributed by atoms with Crippen molar-refractivity contribution in [1.82, 2.24) is 20.4 Å². The molecule has 2 aromatic carbocycles. The van der Waals surface area contributed by atoms with E-state index < -0.39 is 19.2 Å². The molecule has 3 amide bonds. The van der Waals surface area contributed by atoms with Crippen LogP contribution in [-0.4, -0.2) is 89.5 Å². The summed E-state index contributed by atoms with van der Waals surface area (Å²) in [5, 5.41) is 24.6. The summed E-state index contributed by atoms with van der Waals surface area (Å²) >= 11 is 0. The van der Waals surface area contributed by atoms with Gasteiger partial charge in [0, 0.05) is 39.0 Å². The maximum Gasteiger partial charge on any atom is 0.488 e. The average molecular weight is 522 g/mol. The van der Waals surface area contributed by atoms with Crippen molar-refractivity contribution >= 4 is 30.3 Å². The van der Waals surface area contributed by atoms with E-state index in [2.05, 4.69) is 10.6 Å². The van der Waals surface area contributed by atoms with Crippen LogP contribution in [0.25, 0.3) is 0 Å². The van der Waals surface area contributed by atoms with Gasteiger partial charge >= 0.3 is 7.12 Å². The summed E-state index contributed by atoms with van der Waals surface area (Å²) in [6.45, 7) is 4.87. The summed E-state index contributed by atoms with van der Waals surface area (Å²) in [5.74, 6) is -0.488. The molecule has 3 atom stereocenters. The lowest BCUT2D eigenvalue weighted by Gasteiger charge is -2.33. The van der Waals surface area contributed by atoms with E-state index in [4.69, 9.17) is 0 Å². The van der Waals surface area contributed by atoms with Crippen molar-refractivity contribution in [1.29, 1.82) is 0 Å². The molecule has 1 saturated heterocycles. The molecule has 1 heterocycles. The zero-order chi connectivity index (χ0) is 27.7. The third-order valence-electron chi connectivity index (χ3n) is 7.21. The smallest absolute Gasteiger partial charge is 0.423 e. The molecule has 3 rings (SSSR count). The summed E-state index contributed by atoms with van der Waals surface area (Å²) in [4.78, 5) is 42.6. The van der Waals surface area contributed by atoms with Gasteiger partial charge in [-0.3, -0.25) is 14.4 Å². The highest BCUT2D eigenvalue weighted by Gasteiger charge is 2.35. The largest absolute Gasteiger partial charge is 0.488 e. The Morgan fingerprint density at radius 1 is 1.08 bits per heavy atom. The first kappa shape index (κ1) is 29.4. The maximum absolute atomic E-state index is 13.8. The molecule has 0 aromatic heterocycles. The van der Waals surface area contributed by atoms with Crippen molar-refractivity contribution in [2.45, 2.75) is 57.7 Å². The van der Waals surface area contributed by atoms with E-state index in [1.165, 1.54) is 0 Å². The minimum Gasteiger partial charge on any atom is -0.423 e. The Bertz CT molecular complexity index is 1070. The van der Waals surface area contributed by atoms with Crippen LogP contribution in [0.2, 0.25) is 0 Å². The first-order valence-corrected chi connectivity index (χ1v) is 13.2. The SMILES string of the molecule is CN[C@@H](C)C(=O)N[C@@H](Cc1ccc(B(O)O)cc1)C(=O)N1CCC[C@H]1CN(CCc1ccccc1)C(C)=O. The van der Waals surface area contributed by atoms with Crippen molar-refractivity contribution in [3.05, 3.63) is 65.7 Å². The van der Waals surface area contributed by atoms with Gasteiger partial charge in [-0.05, 0) is 49.8 Å². The Hall–Kier alpha value is -3.21. The van der Waals surface area contributed by atoms with Crippen molar-refractivity contribution in [2.24, 2.45) is 0 Å². The summed E-state index contributed by atoms with van der Waals surface area (Å²) in [6, 6.07) is 15.2. The van der Waals surface area contributed by atoms with E-state index in [0.29, 0.717) is 25.1 Å². The third-order valence-corrected chi connectivity index (χ3v) is 7.21. The molecule has 2 aromatic rings. The van der Waals surface area contributed by atoms with Crippen LogP contribution in [0.15, 0.2) is 54.6 Å². The molecule has 0 aliphatic carbocycles. The lowest BCUT2D eigenvalue weighted by Crippen LogP contribution is -2.55. The van der Waals surface area contributed by atoms with Gasteiger partial charge in [-0.15, -0.1) is 0 Å². The highest BCUT2D eigenvalue weighted by Crippen LogP contribution is 2.21. The van der Waals surface area contributed by atoms with Crippen molar-refractivity contribution in [3.63, 3.8) is 0 Å². The standard InChI is InChI=1S/C28H39BN4O5/c1-20(30-3)27(35)31-26(18-23-11-13-24(14-12-23)29(37)38)28(36)33-16-7-10-25(33)19-32(21(2)34)17-15-22-8-5-4-6-9-22/h4-6,8-9,11-14,20,25-26,30,37-38H,7,10,15-19H2,1-3H3,(H,31,35)/t20-,25-,26-/m0/s1. The van der Waals surface area contributed by atoms with Gasteiger partial charge in [0.05, 0.1) is 6.04 Å². The number of hydrogen-bond acceptors (Lipinski definition) is 6. The molecular weight excluding hydrogens is 483 g/mol. The lowest BCUT2D eigenvalue weighted by atomic mass is 9.80. The highest BCUT2D eigenvalue weighted by atomic mass is 16.4. The van der Waals surface area contributed by atoms with Gasteiger partial charge in [0.25, 0.3) is 0 Å². The van der Waals surface area contributed by atoms with Crippen LogP contribution in [-0.2, 0) is 27.2 Å². The number of carbonyl (C=O) groups excluding carboxylic acids is 3. The second-order valence-electron chi connectivity index (χ2n) is 9.92. The van der Waals surface area contributed by atoms with Gasteiger partial charge < -0.3 is 30.5 Å². The number of rotatable bonds is 12. The molecular formula is C28H39BN4O5. The minimum absolute atomic E-state index is 0.0286. The van der Waals surface area contributed by atoms with Crippen LogP contribution in [0.5, 0.6) is 0 Å². The molecule has 1 aliphatic heterocycles. The van der Waals surface area contributed by atoms with Gasteiger partial charge in [-0.25, -0.2) is 0 Å². The van der Waals surface area contributed by atoms with Gasteiger partial charge in [-0.2, -0.15) is 0 Å². The number of likely N-dealkylation sites (tertiary alicyclic amines) is 1. The molecule has 0 bridgehead atoms. The van der Waals surface area contributed by atoms with Crippen molar-refractivity contribution in [3.8, 4) is 0 Å². The van der Waals surface area contributed by atoms with Crippen LogP contribution in [0.3, 0.4) is 0 Å². The Labute approximate surface area is 225 Å². The Morgan fingerprint density at radius 3 is 2.37 bits per heavy atom. The zero-order valence-corrected chi connectivity index (χ0v) is 22.5. The van der Waals surface area contributed by atoms with E-state index in [1.807, 2.05) is 30.3 Å². The molecule has 0 unspecified atom stereocenters.